The number of hydrogen-bond donors (Lipinski definition) is 1. The molecule has 140 valence electrons. The third-order valence-electron chi connectivity index (χ3n) is 4.44. The van der Waals surface area contributed by atoms with Crippen molar-refractivity contribution in [1.29, 1.82) is 0 Å². The number of fused-ring (bicyclic) bond motifs is 2. The second kappa shape index (κ2) is 6.57. The zero-order valence-electron chi connectivity index (χ0n) is 14.1. The summed E-state index contributed by atoms with van der Waals surface area (Å²) in [6.45, 7) is -0.411. The van der Waals surface area contributed by atoms with E-state index < -0.39 is 24.3 Å². The second-order valence-electron chi connectivity index (χ2n) is 6.32. The molecule has 1 aliphatic carbocycles. The molecule has 1 heterocycles. The third-order valence-corrected chi connectivity index (χ3v) is 4.44. The molecule has 4 rings (SSSR count). The van der Waals surface area contributed by atoms with Crippen molar-refractivity contribution in [1.82, 2.24) is 15.2 Å². The number of nitrogens with zero attached hydrogens (tertiary/aromatic N) is 3. The molecule has 27 heavy (non-hydrogen) atoms. The van der Waals surface area contributed by atoms with Gasteiger partial charge in [-0.3, -0.25) is 4.79 Å². The number of amides is 1. The molecule has 0 spiro atoms. The lowest BCUT2D eigenvalue weighted by Crippen LogP contribution is -2.26. The topological polar surface area (TPSA) is 69.0 Å². The zero-order valence-corrected chi connectivity index (χ0v) is 14.1. The number of rotatable bonds is 4. The number of benzene rings is 2. The van der Waals surface area contributed by atoms with Crippen LogP contribution in [0.15, 0.2) is 36.4 Å². The molecule has 0 saturated carbocycles. The van der Waals surface area contributed by atoms with Gasteiger partial charge in [0.15, 0.2) is 6.61 Å². The van der Waals surface area contributed by atoms with Gasteiger partial charge in [-0.05, 0) is 65.9 Å². The number of halogens is 3. The van der Waals surface area contributed by atoms with Crippen molar-refractivity contribution in [2.75, 3.05) is 11.9 Å². The summed E-state index contributed by atoms with van der Waals surface area (Å²) in [7, 11) is 0. The van der Waals surface area contributed by atoms with Crippen LogP contribution >= 0.6 is 0 Å². The Morgan fingerprint density at radius 2 is 1.96 bits per heavy atom. The van der Waals surface area contributed by atoms with E-state index in [-0.39, 0.29) is 11.0 Å². The average Bonchev–Trinajstić information content (AvgIpc) is 3.25. The molecule has 9 heteroatoms. The van der Waals surface area contributed by atoms with E-state index in [2.05, 4.69) is 15.6 Å². The van der Waals surface area contributed by atoms with E-state index in [4.69, 9.17) is 4.84 Å². The number of nitrogens with one attached hydrogen (secondary N) is 1. The molecule has 6 nitrogen and oxygen atoms in total. The van der Waals surface area contributed by atoms with Crippen molar-refractivity contribution >= 4 is 22.6 Å². The van der Waals surface area contributed by atoms with E-state index in [1.165, 1.54) is 17.2 Å². The SMILES string of the molecule is O=C(COn1nnc2ccc(C(F)(F)F)cc21)Nc1ccc2c(c1)CCC2. The molecule has 0 radical (unpaired) electrons. The number of carbonyl (C=O) groups excluding carboxylic acids is 1. The van der Waals surface area contributed by atoms with Crippen LogP contribution in [-0.2, 0) is 23.8 Å². The molecule has 0 fully saturated rings. The standard InChI is InChI=1S/C18H15F3N4O2/c19-18(20,21)13-5-7-15-16(9-13)25(24-23-15)27-10-17(26)22-14-6-4-11-2-1-3-12(11)8-14/h4-9H,1-3,10H2,(H,22,26). The highest BCUT2D eigenvalue weighted by molar-refractivity contribution is 5.91. The van der Waals surface area contributed by atoms with Crippen LogP contribution in [0.2, 0.25) is 0 Å². The summed E-state index contributed by atoms with van der Waals surface area (Å²) in [5, 5.41) is 10.1. The Labute approximate surface area is 151 Å². The van der Waals surface area contributed by atoms with E-state index in [0.29, 0.717) is 5.69 Å². The van der Waals surface area contributed by atoms with E-state index in [1.54, 1.807) is 0 Å². The first-order chi connectivity index (χ1) is 12.9. The van der Waals surface area contributed by atoms with Gasteiger partial charge < -0.3 is 10.2 Å². The fourth-order valence-electron chi connectivity index (χ4n) is 3.14. The maximum absolute atomic E-state index is 12.8. The van der Waals surface area contributed by atoms with E-state index in [1.807, 2.05) is 18.2 Å². The van der Waals surface area contributed by atoms with E-state index >= 15 is 0 Å². The van der Waals surface area contributed by atoms with E-state index in [0.717, 1.165) is 36.2 Å². The smallest absolute Gasteiger partial charge is 0.385 e. The Bertz CT molecular complexity index is 1010. The van der Waals surface area contributed by atoms with Gasteiger partial charge in [0.05, 0.1) is 5.56 Å². The molecule has 0 atom stereocenters. The van der Waals surface area contributed by atoms with Crippen LogP contribution in [-0.4, -0.2) is 27.7 Å². The molecule has 1 aliphatic rings. The van der Waals surface area contributed by atoms with Gasteiger partial charge in [0.1, 0.15) is 11.0 Å². The number of aromatic nitrogens is 3. The maximum Gasteiger partial charge on any atom is 0.416 e. The Morgan fingerprint density at radius 1 is 1.15 bits per heavy atom. The maximum atomic E-state index is 12.8. The first-order valence-electron chi connectivity index (χ1n) is 8.38. The molecule has 1 amide bonds. The summed E-state index contributed by atoms with van der Waals surface area (Å²) in [6.07, 6.45) is -1.35. The van der Waals surface area contributed by atoms with Crippen LogP contribution in [0.25, 0.3) is 11.0 Å². The normalized spacial score (nSPS) is 13.6. The Hall–Kier alpha value is -3.10. The first-order valence-corrected chi connectivity index (χ1v) is 8.38. The van der Waals surface area contributed by atoms with Crippen LogP contribution in [0.5, 0.6) is 0 Å². The molecule has 0 aliphatic heterocycles. The minimum atomic E-state index is -4.49. The summed E-state index contributed by atoms with van der Waals surface area (Å²) in [6, 6.07) is 8.75. The zero-order chi connectivity index (χ0) is 19.0. The predicted octanol–water partition coefficient (Wildman–Crippen LogP) is 3.01. The highest BCUT2D eigenvalue weighted by Crippen LogP contribution is 2.30. The highest BCUT2D eigenvalue weighted by Gasteiger charge is 2.31. The van der Waals surface area contributed by atoms with Gasteiger partial charge in [-0.15, -0.1) is 5.10 Å². The van der Waals surface area contributed by atoms with Gasteiger partial charge in [-0.2, -0.15) is 13.2 Å². The lowest BCUT2D eigenvalue weighted by atomic mass is 10.1. The van der Waals surface area contributed by atoms with Crippen LogP contribution < -0.4 is 10.2 Å². The van der Waals surface area contributed by atoms with Gasteiger partial charge in [-0.1, -0.05) is 10.9 Å². The average molecular weight is 376 g/mol. The van der Waals surface area contributed by atoms with Crippen molar-refractivity contribution in [3.8, 4) is 0 Å². The molecule has 1 aromatic heterocycles. The minimum Gasteiger partial charge on any atom is -0.385 e. The Kier molecular flexibility index (Phi) is 4.21. The quantitative estimate of drug-likeness (QED) is 0.760. The lowest BCUT2D eigenvalue weighted by Gasteiger charge is -2.09. The van der Waals surface area contributed by atoms with Crippen molar-refractivity contribution in [2.45, 2.75) is 25.4 Å². The van der Waals surface area contributed by atoms with Crippen molar-refractivity contribution in [2.24, 2.45) is 0 Å². The monoisotopic (exact) mass is 376 g/mol. The number of hydrogen-bond acceptors (Lipinski definition) is 4. The van der Waals surface area contributed by atoms with Gasteiger partial charge >= 0.3 is 6.18 Å². The van der Waals surface area contributed by atoms with Crippen LogP contribution in [0.3, 0.4) is 0 Å². The number of alkyl halides is 3. The van der Waals surface area contributed by atoms with Gasteiger partial charge in [-0.25, -0.2) is 0 Å². The van der Waals surface area contributed by atoms with Gasteiger partial charge in [0.2, 0.25) is 0 Å². The lowest BCUT2D eigenvalue weighted by molar-refractivity contribution is -0.137. The summed E-state index contributed by atoms with van der Waals surface area (Å²) in [5.41, 5.74) is 2.60. The van der Waals surface area contributed by atoms with Crippen LogP contribution in [0.1, 0.15) is 23.1 Å². The Morgan fingerprint density at radius 3 is 2.78 bits per heavy atom. The molecule has 2 aromatic carbocycles. The van der Waals surface area contributed by atoms with Gasteiger partial charge in [0.25, 0.3) is 5.91 Å². The molecule has 1 N–H and O–H groups in total. The summed E-state index contributed by atoms with van der Waals surface area (Å²) in [4.78, 5) is 18.1. The van der Waals surface area contributed by atoms with Crippen molar-refractivity contribution < 1.29 is 22.8 Å². The Balaban J connectivity index is 1.44. The fraction of sp³-hybridized carbons (Fsp3) is 0.278. The summed E-state index contributed by atoms with van der Waals surface area (Å²) in [5.74, 6) is -0.441. The largest absolute Gasteiger partial charge is 0.416 e. The highest BCUT2D eigenvalue weighted by atomic mass is 19.4. The van der Waals surface area contributed by atoms with E-state index in [9.17, 15) is 18.0 Å². The molecule has 0 bridgehead atoms. The third kappa shape index (κ3) is 3.57. The summed E-state index contributed by atoms with van der Waals surface area (Å²) >= 11 is 0. The molecular weight excluding hydrogens is 361 g/mol. The molecule has 0 unspecified atom stereocenters. The number of aryl methyl sites for hydroxylation is 2. The van der Waals surface area contributed by atoms with Crippen LogP contribution in [0, 0.1) is 0 Å². The van der Waals surface area contributed by atoms with Crippen molar-refractivity contribution in [3.05, 3.63) is 53.1 Å². The second-order valence-corrected chi connectivity index (χ2v) is 6.32. The van der Waals surface area contributed by atoms with Crippen LogP contribution in [0.4, 0.5) is 18.9 Å². The fourth-order valence-corrected chi connectivity index (χ4v) is 3.14. The molecule has 3 aromatic rings. The molecule has 0 saturated heterocycles. The van der Waals surface area contributed by atoms with Crippen molar-refractivity contribution in [3.63, 3.8) is 0 Å². The number of carbonyl (C=O) groups is 1. The molecular formula is C18H15F3N4O2. The number of anilines is 1. The summed E-state index contributed by atoms with van der Waals surface area (Å²) < 4.78 is 38.5. The minimum absolute atomic E-state index is 0.0372. The first kappa shape index (κ1) is 17.3. The predicted molar refractivity (Wildman–Crippen MR) is 91.1 cm³/mol. The van der Waals surface area contributed by atoms with Gasteiger partial charge in [0, 0.05) is 5.69 Å².